The van der Waals surface area contributed by atoms with Gasteiger partial charge < -0.3 is 10.3 Å². The van der Waals surface area contributed by atoms with E-state index < -0.39 is 0 Å². The van der Waals surface area contributed by atoms with Crippen LogP contribution in [0.4, 0.5) is 5.69 Å². The van der Waals surface area contributed by atoms with Crippen molar-refractivity contribution in [2.24, 2.45) is 0 Å². The molecular formula is C16H12Cl2N2O. The van der Waals surface area contributed by atoms with Gasteiger partial charge in [0.15, 0.2) is 0 Å². The van der Waals surface area contributed by atoms with E-state index in [4.69, 9.17) is 23.2 Å². The van der Waals surface area contributed by atoms with E-state index in [1.165, 1.54) is 0 Å². The van der Waals surface area contributed by atoms with Gasteiger partial charge in [0.05, 0.1) is 16.5 Å². The molecule has 2 aromatic carbocycles. The minimum absolute atomic E-state index is 0.0942. The number of aromatic amines is 1. The minimum atomic E-state index is -0.0942. The number of fused-ring (bicyclic) bond motifs is 1. The lowest BCUT2D eigenvalue weighted by molar-refractivity contribution is -0.115. The number of nitrogens with one attached hydrogen (secondary N) is 2. The standard InChI is InChI=1S/C16H12Cl2N2O/c17-13-3-2-12(9-14(13)18)20-16(21)8-10-1-4-15-11(7-10)5-6-19-15/h1-7,9,19H,8H2,(H,20,21). The van der Waals surface area contributed by atoms with Crippen LogP contribution in [0.2, 0.25) is 10.0 Å². The van der Waals surface area contributed by atoms with Gasteiger partial charge in [0.25, 0.3) is 0 Å². The van der Waals surface area contributed by atoms with Gasteiger partial charge in [0.2, 0.25) is 5.91 Å². The second-order valence-electron chi connectivity index (χ2n) is 4.75. The van der Waals surface area contributed by atoms with Crippen molar-refractivity contribution >= 4 is 45.7 Å². The maximum Gasteiger partial charge on any atom is 0.228 e. The zero-order valence-corrected chi connectivity index (χ0v) is 12.5. The summed E-state index contributed by atoms with van der Waals surface area (Å²) in [5.74, 6) is -0.0942. The maximum absolute atomic E-state index is 12.1. The molecule has 0 aliphatic rings. The monoisotopic (exact) mass is 318 g/mol. The van der Waals surface area contributed by atoms with Crippen LogP contribution in [0, 0.1) is 0 Å². The molecule has 2 N–H and O–H groups in total. The van der Waals surface area contributed by atoms with Gasteiger partial charge in [-0.05, 0) is 47.3 Å². The third-order valence-electron chi connectivity index (χ3n) is 3.19. The highest BCUT2D eigenvalue weighted by Gasteiger charge is 2.07. The molecule has 0 spiro atoms. The van der Waals surface area contributed by atoms with E-state index in [1.807, 2.05) is 30.5 Å². The molecule has 0 fully saturated rings. The fourth-order valence-electron chi connectivity index (χ4n) is 2.18. The first-order valence-electron chi connectivity index (χ1n) is 6.43. The molecule has 21 heavy (non-hydrogen) atoms. The number of amides is 1. The molecule has 0 aliphatic heterocycles. The molecule has 3 nitrogen and oxygen atoms in total. The van der Waals surface area contributed by atoms with Crippen molar-refractivity contribution in [1.82, 2.24) is 4.98 Å². The van der Waals surface area contributed by atoms with E-state index in [2.05, 4.69) is 10.3 Å². The highest BCUT2D eigenvalue weighted by atomic mass is 35.5. The first-order chi connectivity index (χ1) is 10.1. The highest BCUT2D eigenvalue weighted by Crippen LogP contribution is 2.25. The Morgan fingerprint density at radius 3 is 2.71 bits per heavy atom. The minimum Gasteiger partial charge on any atom is -0.361 e. The topological polar surface area (TPSA) is 44.9 Å². The molecule has 5 heteroatoms. The van der Waals surface area contributed by atoms with Crippen LogP contribution in [0.15, 0.2) is 48.7 Å². The van der Waals surface area contributed by atoms with Crippen LogP contribution in [0.1, 0.15) is 5.56 Å². The summed E-state index contributed by atoms with van der Waals surface area (Å²) in [6.07, 6.45) is 2.19. The summed E-state index contributed by atoms with van der Waals surface area (Å²) < 4.78 is 0. The van der Waals surface area contributed by atoms with Crippen molar-refractivity contribution < 1.29 is 4.79 Å². The average Bonchev–Trinajstić information content (AvgIpc) is 2.90. The van der Waals surface area contributed by atoms with Crippen LogP contribution in [-0.4, -0.2) is 10.9 Å². The molecule has 0 saturated carbocycles. The van der Waals surface area contributed by atoms with Crippen LogP contribution in [-0.2, 0) is 11.2 Å². The number of carbonyl (C=O) groups is 1. The number of halogens is 2. The first kappa shape index (κ1) is 14.0. The summed E-state index contributed by atoms with van der Waals surface area (Å²) in [6.45, 7) is 0. The van der Waals surface area contributed by atoms with Crippen molar-refractivity contribution in [3.63, 3.8) is 0 Å². The maximum atomic E-state index is 12.1. The smallest absolute Gasteiger partial charge is 0.228 e. The normalized spacial score (nSPS) is 10.8. The SMILES string of the molecule is O=C(Cc1ccc2[nH]ccc2c1)Nc1ccc(Cl)c(Cl)c1. The van der Waals surface area contributed by atoms with Crippen molar-refractivity contribution in [3.05, 3.63) is 64.3 Å². The van der Waals surface area contributed by atoms with Crippen LogP contribution >= 0.6 is 23.2 Å². The van der Waals surface area contributed by atoms with E-state index in [0.717, 1.165) is 16.5 Å². The van der Waals surface area contributed by atoms with E-state index in [0.29, 0.717) is 22.2 Å². The van der Waals surface area contributed by atoms with Gasteiger partial charge in [0.1, 0.15) is 0 Å². The predicted molar refractivity (Wildman–Crippen MR) is 87.1 cm³/mol. The third kappa shape index (κ3) is 3.20. The predicted octanol–water partition coefficient (Wildman–Crippen LogP) is 4.66. The lowest BCUT2D eigenvalue weighted by atomic mass is 10.1. The van der Waals surface area contributed by atoms with Crippen LogP contribution < -0.4 is 5.32 Å². The van der Waals surface area contributed by atoms with E-state index in [9.17, 15) is 4.79 Å². The summed E-state index contributed by atoms with van der Waals surface area (Å²) in [5.41, 5.74) is 2.65. The number of H-pyrrole nitrogens is 1. The van der Waals surface area contributed by atoms with E-state index in [1.54, 1.807) is 18.2 Å². The molecule has 1 amide bonds. The summed E-state index contributed by atoms with van der Waals surface area (Å²) in [6, 6.07) is 12.9. The fourth-order valence-corrected chi connectivity index (χ4v) is 2.48. The number of hydrogen-bond donors (Lipinski definition) is 2. The quantitative estimate of drug-likeness (QED) is 0.725. The lowest BCUT2D eigenvalue weighted by Crippen LogP contribution is -2.14. The molecule has 0 saturated heterocycles. The largest absolute Gasteiger partial charge is 0.361 e. The molecule has 0 aliphatic carbocycles. The number of anilines is 1. The summed E-state index contributed by atoms with van der Waals surface area (Å²) in [4.78, 5) is 15.2. The van der Waals surface area contributed by atoms with Gasteiger partial charge in [-0.3, -0.25) is 4.79 Å². The Kier molecular flexibility index (Phi) is 3.86. The number of hydrogen-bond acceptors (Lipinski definition) is 1. The molecule has 0 bridgehead atoms. The summed E-state index contributed by atoms with van der Waals surface area (Å²) >= 11 is 11.8. The molecule has 3 aromatic rings. The highest BCUT2D eigenvalue weighted by molar-refractivity contribution is 6.42. The summed E-state index contributed by atoms with van der Waals surface area (Å²) in [5, 5.41) is 4.79. The van der Waals surface area contributed by atoms with Crippen LogP contribution in [0.3, 0.4) is 0 Å². The zero-order chi connectivity index (χ0) is 14.8. The fraction of sp³-hybridized carbons (Fsp3) is 0.0625. The second-order valence-corrected chi connectivity index (χ2v) is 5.57. The van der Waals surface area contributed by atoms with Gasteiger partial charge in [-0.2, -0.15) is 0 Å². The Balaban J connectivity index is 1.71. The number of aromatic nitrogens is 1. The lowest BCUT2D eigenvalue weighted by Gasteiger charge is -2.06. The van der Waals surface area contributed by atoms with E-state index in [-0.39, 0.29) is 5.91 Å². The Labute approximate surface area is 131 Å². The zero-order valence-electron chi connectivity index (χ0n) is 11.0. The molecule has 0 unspecified atom stereocenters. The molecule has 0 atom stereocenters. The molecular weight excluding hydrogens is 307 g/mol. The van der Waals surface area contributed by atoms with Crippen molar-refractivity contribution in [2.75, 3.05) is 5.32 Å². The molecule has 1 aromatic heterocycles. The van der Waals surface area contributed by atoms with E-state index >= 15 is 0 Å². The van der Waals surface area contributed by atoms with Gasteiger partial charge in [-0.1, -0.05) is 29.3 Å². The summed E-state index contributed by atoms with van der Waals surface area (Å²) in [7, 11) is 0. The van der Waals surface area contributed by atoms with Gasteiger partial charge in [0, 0.05) is 17.4 Å². The number of carbonyl (C=O) groups excluding carboxylic acids is 1. The molecule has 1 heterocycles. The van der Waals surface area contributed by atoms with Crippen LogP contribution in [0.25, 0.3) is 10.9 Å². The Hall–Kier alpha value is -1.97. The van der Waals surface area contributed by atoms with Gasteiger partial charge in [-0.15, -0.1) is 0 Å². The molecule has 106 valence electrons. The van der Waals surface area contributed by atoms with Gasteiger partial charge >= 0.3 is 0 Å². The Morgan fingerprint density at radius 1 is 1.05 bits per heavy atom. The number of rotatable bonds is 3. The van der Waals surface area contributed by atoms with Crippen molar-refractivity contribution in [2.45, 2.75) is 6.42 Å². The van der Waals surface area contributed by atoms with Crippen molar-refractivity contribution in [3.8, 4) is 0 Å². The molecule has 0 radical (unpaired) electrons. The Morgan fingerprint density at radius 2 is 1.90 bits per heavy atom. The first-order valence-corrected chi connectivity index (χ1v) is 7.18. The average molecular weight is 319 g/mol. The van der Waals surface area contributed by atoms with Crippen molar-refractivity contribution in [1.29, 1.82) is 0 Å². The Bertz CT molecular complexity index is 811. The van der Waals surface area contributed by atoms with Crippen LogP contribution in [0.5, 0.6) is 0 Å². The third-order valence-corrected chi connectivity index (χ3v) is 3.92. The second kappa shape index (κ2) is 5.80. The number of benzene rings is 2. The van der Waals surface area contributed by atoms with Gasteiger partial charge in [-0.25, -0.2) is 0 Å². The molecule has 3 rings (SSSR count).